The predicted molar refractivity (Wildman–Crippen MR) is 105 cm³/mol. The second-order valence-electron chi connectivity index (χ2n) is 7.21. The van der Waals surface area contributed by atoms with Gasteiger partial charge in [0.1, 0.15) is 0 Å². The highest BCUT2D eigenvalue weighted by molar-refractivity contribution is 5.96. The summed E-state index contributed by atoms with van der Waals surface area (Å²) in [6.45, 7) is 5.25. The zero-order valence-electron chi connectivity index (χ0n) is 15.7. The lowest BCUT2D eigenvalue weighted by Gasteiger charge is -2.27. The third-order valence-corrected chi connectivity index (χ3v) is 4.79. The van der Waals surface area contributed by atoms with Crippen molar-refractivity contribution >= 4 is 23.4 Å². The Kier molecular flexibility index (Phi) is 4.46. The lowest BCUT2D eigenvalue weighted by molar-refractivity contribution is 0.174. The number of ether oxygens (including phenoxy) is 2. The molecule has 4 amide bonds. The maximum Gasteiger partial charge on any atom is 0.321 e. The minimum atomic E-state index is -0.627. The third kappa shape index (κ3) is 3.53. The molecule has 4 rings (SSSR count). The van der Waals surface area contributed by atoms with E-state index in [1.807, 2.05) is 38.1 Å². The first-order chi connectivity index (χ1) is 13.4. The van der Waals surface area contributed by atoms with Crippen molar-refractivity contribution < 1.29 is 19.1 Å². The number of carbonyl (C=O) groups is 2. The molecule has 0 unspecified atom stereocenters. The second kappa shape index (κ2) is 6.95. The van der Waals surface area contributed by atoms with Gasteiger partial charge in [-0.1, -0.05) is 12.1 Å². The molecule has 28 heavy (non-hydrogen) atoms. The zero-order chi connectivity index (χ0) is 19.7. The van der Waals surface area contributed by atoms with Crippen LogP contribution in [-0.4, -0.2) is 31.9 Å². The fraction of sp³-hybridized carbons (Fsp3) is 0.300. The van der Waals surface area contributed by atoms with Gasteiger partial charge in [-0.15, -0.1) is 0 Å². The summed E-state index contributed by atoms with van der Waals surface area (Å²) in [6.07, 6.45) is 0. The van der Waals surface area contributed by atoms with Crippen LogP contribution in [0.15, 0.2) is 42.5 Å². The Bertz CT molecular complexity index is 928. The molecular weight excluding hydrogens is 360 g/mol. The first-order valence-electron chi connectivity index (χ1n) is 9.07. The molecule has 0 aliphatic carbocycles. The van der Waals surface area contributed by atoms with Gasteiger partial charge < -0.3 is 25.4 Å². The van der Waals surface area contributed by atoms with Crippen molar-refractivity contribution in [3.63, 3.8) is 0 Å². The lowest BCUT2D eigenvalue weighted by Crippen LogP contribution is -2.43. The largest absolute Gasteiger partial charge is 0.454 e. The smallest absolute Gasteiger partial charge is 0.321 e. The number of amides is 4. The van der Waals surface area contributed by atoms with Gasteiger partial charge in [-0.25, -0.2) is 9.59 Å². The minimum Gasteiger partial charge on any atom is -0.454 e. The summed E-state index contributed by atoms with van der Waals surface area (Å²) in [5.41, 5.74) is 1.62. The monoisotopic (exact) mass is 382 g/mol. The molecule has 2 heterocycles. The standard InChI is InChI=1S/C20H22N4O4/c1-20(2,13-6-7-16-17(10-13)28-12-27-16)23-18(25)22-14-4-3-5-15(11-14)24-9-8-21-19(24)26/h3-7,10-11H,8-9,12H2,1-2H3,(H,21,26)(H2,22,23,25). The molecule has 2 aromatic rings. The van der Waals surface area contributed by atoms with E-state index in [1.54, 1.807) is 23.1 Å². The Morgan fingerprint density at radius 2 is 1.96 bits per heavy atom. The molecule has 0 saturated carbocycles. The van der Waals surface area contributed by atoms with Crippen LogP contribution in [0.5, 0.6) is 11.5 Å². The number of rotatable bonds is 4. The summed E-state index contributed by atoms with van der Waals surface area (Å²) in [6, 6.07) is 12.3. The molecule has 0 bridgehead atoms. The summed E-state index contributed by atoms with van der Waals surface area (Å²) in [7, 11) is 0. The van der Waals surface area contributed by atoms with Crippen molar-refractivity contribution in [2.45, 2.75) is 19.4 Å². The van der Waals surface area contributed by atoms with E-state index in [4.69, 9.17) is 9.47 Å². The highest BCUT2D eigenvalue weighted by atomic mass is 16.7. The summed E-state index contributed by atoms with van der Waals surface area (Å²) in [5.74, 6) is 1.37. The molecule has 0 radical (unpaired) electrons. The van der Waals surface area contributed by atoms with Gasteiger partial charge in [0.15, 0.2) is 11.5 Å². The topological polar surface area (TPSA) is 91.9 Å². The number of hydrogen-bond donors (Lipinski definition) is 3. The van der Waals surface area contributed by atoms with Crippen LogP contribution in [0.3, 0.4) is 0 Å². The summed E-state index contributed by atoms with van der Waals surface area (Å²) < 4.78 is 10.8. The van der Waals surface area contributed by atoms with Gasteiger partial charge >= 0.3 is 12.1 Å². The first kappa shape index (κ1) is 18.0. The molecule has 8 nitrogen and oxygen atoms in total. The average molecular weight is 382 g/mol. The normalized spacial score (nSPS) is 15.4. The lowest BCUT2D eigenvalue weighted by atomic mass is 9.94. The molecule has 2 aliphatic rings. The van der Waals surface area contributed by atoms with Crippen LogP contribution in [-0.2, 0) is 5.54 Å². The van der Waals surface area contributed by atoms with Crippen molar-refractivity contribution in [1.82, 2.24) is 10.6 Å². The van der Waals surface area contributed by atoms with Gasteiger partial charge in [0.05, 0.1) is 5.54 Å². The van der Waals surface area contributed by atoms with Crippen molar-refractivity contribution in [2.24, 2.45) is 0 Å². The molecule has 3 N–H and O–H groups in total. The number of hydrogen-bond acceptors (Lipinski definition) is 4. The SMILES string of the molecule is CC(C)(NC(=O)Nc1cccc(N2CCNC2=O)c1)c1ccc2c(c1)OCO2. The first-order valence-corrected chi connectivity index (χ1v) is 9.07. The van der Waals surface area contributed by atoms with E-state index in [2.05, 4.69) is 16.0 Å². The Labute approximate surface area is 162 Å². The molecule has 0 spiro atoms. The third-order valence-electron chi connectivity index (χ3n) is 4.79. The molecule has 2 aliphatic heterocycles. The van der Waals surface area contributed by atoms with E-state index in [9.17, 15) is 9.59 Å². The van der Waals surface area contributed by atoms with Gasteiger partial charge in [-0.2, -0.15) is 0 Å². The molecule has 1 fully saturated rings. The van der Waals surface area contributed by atoms with E-state index < -0.39 is 5.54 Å². The van der Waals surface area contributed by atoms with Crippen molar-refractivity contribution in [2.75, 3.05) is 30.1 Å². The molecule has 146 valence electrons. The number of benzene rings is 2. The van der Waals surface area contributed by atoms with Gasteiger partial charge in [0.2, 0.25) is 6.79 Å². The van der Waals surface area contributed by atoms with Crippen LogP contribution in [0.2, 0.25) is 0 Å². The van der Waals surface area contributed by atoms with E-state index >= 15 is 0 Å². The van der Waals surface area contributed by atoms with Crippen LogP contribution in [0, 0.1) is 0 Å². The van der Waals surface area contributed by atoms with Crippen molar-refractivity contribution in [1.29, 1.82) is 0 Å². The maximum absolute atomic E-state index is 12.6. The second-order valence-corrected chi connectivity index (χ2v) is 7.21. The van der Waals surface area contributed by atoms with E-state index in [0.29, 0.717) is 30.3 Å². The van der Waals surface area contributed by atoms with Gasteiger partial charge in [0.25, 0.3) is 0 Å². The molecule has 0 atom stereocenters. The Hall–Kier alpha value is -3.42. The average Bonchev–Trinajstić information content (AvgIpc) is 3.29. The quantitative estimate of drug-likeness (QED) is 0.758. The fourth-order valence-corrected chi connectivity index (χ4v) is 3.27. The van der Waals surface area contributed by atoms with Gasteiger partial charge in [0, 0.05) is 24.5 Å². The van der Waals surface area contributed by atoms with Crippen LogP contribution in [0.1, 0.15) is 19.4 Å². The van der Waals surface area contributed by atoms with E-state index in [-0.39, 0.29) is 18.9 Å². The van der Waals surface area contributed by atoms with E-state index in [0.717, 1.165) is 11.3 Å². The Balaban J connectivity index is 1.44. The molecular formula is C20H22N4O4. The molecule has 0 aromatic heterocycles. The molecule has 8 heteroatoms. The zero-order valence-corrected chi connectivity index (χ0v) is 15.7. The summed E-state index contributed by atoms with van der Waals surface area (Å²) in [5, 5.41) is 8.57. The number of anilines is 2. The summed E-state index contributed by atoms with van der Waals surface area (Å²) >= 11 is 0. The minimum absolute atomic E-state index is 0.134. The highest BCUT2D eigenvalue weighted by Crippen LogP contribution is 2.35. The predicted octanol–water partition coefficient (Wildman–Crippen LogP) is 3.00. The van der Waals surface area contributed by atoms with Crippen LogP contribution < -0.4 is 30.3 Å². The van der Waals surface area contributed by atoms with Crippen molar-refractivity contribution in [3.8, 4) is 11.5 Å². The van der Waals surface area contributed by atoms with Gasteiger partial charge in [-0.3, -0.25) is 4.90 Å². The van der Waals surface area contributed by atoms with Gasteiger partial charge in [-0.05, 0) is 49.7 Å². The number of nitrogens with one attached hydrogen (secondary N) is 3. The Morgan fingerprint density at radius 3 is 2.75 bits per heavy atom. The van der Waals surface area contributed by atoms with E-state index in [1.165, 1.54) is 0 Å². The number of fused-ring (bicyclic) bond motifs is 1. The molecule has 2 aromatic carbocycles. The maximum atomic E-state index is 12.6. The van der Waals surface area contributed by atoms with Crippen LogP contribution >= 0.6 is 0 Å². The number of nitrogens with zero attached hydrogens (tertiary/aromatic N) is 1. The van der Waals surface area contributed by atoms with Crippen molar-refractivity contribution in [3.05, 3.63) is 48.0 Å². The van der Waals surface area contributed by atoms with Crippen LogP contribution in [0.25, 0.3) is 0 Å². The molecule has 1 saturated heterocycles. The number of urea groups is 2. The highest BCUT2D eigenvalue weighted by Gasteiger charge is 2.26. The fourth-order valence-electron chi connectivity index (χ4n) is 3.27. The number of carbonyl (C=O) groups excluding carboxylic acids is 2. The van der Waals surface area contributed by atoms with Crippen LogP contribution in [0.4, 0.5) is 21.0 Å². The Morgan fingerprint density at radius 1 is 1.14 bits per heavy atom. The summed E-state index contributed by atoms with van der Waals surface area (Å²) in [4.78, 5) is 26.0.